The van der Waals surface area contributed by atoms with Crippen LogP contribution in [0.15, 0.2) is 42.5 Å². The minimum atomic E-state index is -3.33. The number of urea groups is 1. The number of anilines is 4. The second-order valence-corrected chi connectivity index (χ2v) is 7.95. The molecule has 0 aliphatic carbocycles. The van der Waals surface area contributed by atoms with E-state index in [-0.39, 0.29) is 6.03 Å². The fraction of sp³-hybridized carbons (Fsp3) is 0.316. The summed E-state index contributed by atoms with van der Waals surface area (Å²) in [5, 5.41) is 5.56. The Hall–Kier alpha value is -2.74. The van der Waals surface area contributed by atoms with Gasteiger partial charge in [0.1, 0.15) is 0 Å². The van der Waals surface area contributed by atoms with E-state index in [1.54, 1.807) is 24.3 Å². The van der Waals surface area contributed by atoms with E-state index in [4.69, 9.17) is 0 Å². The maximum absolute atomic E-state index is 12.2. The van der Waals surface area contributed by atoms with E-state index in [0.717, 1.165) is 36.3 Å². The number of amides is 2. The molecule has 8 heteroatoms. The van der Waals surface area contributed by atoms with Crippen LogP contribution >= 0.6 is 0 Å². The lowest BCUT2D eigenvalue weighted by atomic mass is 10.1. The summed E-state index contributed by atoms with van der Waals surface area (Å²) < 4.78 is 24.8. The van der Waals surface area contributed by atoms with Crippen LogP contribution in [0.4, 0.5) is 27.5 Å². The molecule has 2 amide bonds. The molecular weight excluding hydrogens is 364 g/mol. The molecule has 0 aromatic heterocycles. The van der Waals surface area contributed by atoms with Gasteiger partial charge in [-0.15, -0.1) is 0 Å². The lowest BCUT2D eigenvalue weighted by Crippen LogP contribution is -2.22. The minimum absolute atomic E-state index is 0.363. The highest BCUT2D eigenvalue weighted by Gasteiger charge is 2.08. The van der Waals surface area contributed by atoms with Gasteiger partial charge in [-0.1, -0.05) is 0 Å². The quantitative estimate of drug-likeness (QED) is 0.670. The molecule has 0 unspecified atom stereocenters. The number of carbonyl (C=O) groups excluding carboxylic acids is 1. The number of nitrogens with zero attached hydrogens (tertiary/aromatic N) is 1. The van der Waals surface area contributed by atoms with Gasteiger partial charge < -0.3 is 15.5 Å². The molecule has 2 rings (SSSR count). The van der Waals surface area contributed by atoms with Crippen LogP contribution in [0.1, 0.15) is 19.4 Å². The van der Waals surface area contributed by atoms with Crippen molar-refractivity contribution in [3.05, 3.63) is 48.0 Å². The van der Waals surface area contributed by atoms with Crippen molar-refractivity contribution in [3.63, 3.8) is 0 Å². The highest BCUT2D eigenvalue weighted by atomic mass is 32.2. The van der Waals surface area contributed by atoms with Gasteiger partial charge in [0.2, 0.25) is 10.0 Å². The Morgan fingerprint density at radius 2 is 1.56 bits per heavy atom. The summed E-state index contributed by atoms with van der Waals surface area (Å²) in [6.45, 7) is 8.01. The first-order valence-electron chi connectivity index (χ1n) is 8.73. The van der Waals surface area contributed by atoms with E-state index in [1.165, 1.54) is 0 Å². The Labute approximate surface area is 160 Å². The SMILES string of the molecule is CCN(CC)c1ccc(NC(=O)Nc2ccc(NS(C)(=O)=O)cc2)c(C)c1. The normalized spacial score (nSPS) is 11.0. The molecule has 27 heavy (non-hydrogen) atoms. The third kappa shape index (κ3) is 6.18. The van der Waals surface area contributed by atoms with Crippen LogP contribution in [0.5, 0.6) is 0 Å². The summed E-state index contributed by atoms with van der Waals surface area (Å²) in [4.78, 5) is 14.5. The van der Waals surface area contributed by atoms with Crippen LogP contribution < -0.4 is 20.3 Å². The molecule has 0 saturated carbocycles. The van der Waals surface area contributed by atoms with Gasteiger partial charge in [-0.25, -0.2) is 13.2 Å². The van der Waals surface area contributed by atoms with Gasteiger partial charge in [-0.2, -0.15) is 0 Å². The predicted octanol–water partition coefficient (Wildman–Crippen LogP) is 3.86. The Morgan fingerprint density at radius 1 is 0.963 bits per heavy atom. The molecule has 0 aliphatic rings. The lowest BCUT2D eigenvalue weighted by molar-refractivity contribution is 0.262. The van der Waals surface area contributed by atoms with E-state index in [0.29, 0.717) is 11.4 Å². The van der Waals surface area contributed by atoms with Gasteiger partial charge in [0.15, 0.2) is 0 Å². The summed E-state index contributed by atoms with van der Waals surface area (Å²) in [5.74, 6) is 0. The molecule has 0 atom stereocenters. The Bertz CT molecular complexity index is 892. The van der Waals surface area contributed by atoms with Crippen LogP contribution in [0.2, 0.25) is 0 Å². The fourth-order valence-corrected chi connectivity index (χ4v) is 3.26. The van der Waals surface area contributed by atoms with E-state index >= 15 is 0 Å². The van der Waals surface area contributed by atoms with Crippen LogP contribution in [0.25, 0.3) is 0 Å². The second-order valence-electron chi connectivity index (χ2n) is 6.20. The second kappa shape index (κ2) is 8.77. The third-order valence-corrected chi connectivity index (χ3v) is 4.64. The largest absolute Gasteiger partial charge is 0.372 e. The van der Waals surface area contributed by atoms with E-state index in [1.807, 2.05) is 25.1 Å². The first kappa shape index (κ1) is 20.6. The summed E-state index contributed by atoms with van der Waals surface area (Å²) >= 11 is 0. The molecule has 0 radical (unpaired) electrons. The van der Waals surface area contributed by atoms with Crippen LogP contribution in [0.3, 0.4) is 0 Å². The summed E-state index contributed by atoms with van der Waals surface area (Å²) in [7, 11) is -3.33. The molecule has 0 heterocycles. The number of hydrogen-bond donors (Lipinski definition) is 3. The van der Waals surface area contributed by atoms with E-state index in [9.17, 15) is 13.2 Å². The minimum Gasteiger partial charge on any atom is -0.372 e. The van der Waals surface area contributed by atoms with Crippen LogP contribution in [-0.4, -0.2) is 33.8 Å². The zero-order valence-electron chi connectivity index (χ0n) is 16.0. The highest BCUT2D eigenvalue weighted by molar-refractivity contribution is 7.92. The van der Waals surface area contributed by atoms with Gasteiger partial charge in [-0.05, 0) is 68.8 Å². The number of sulfonamides is 1. The van der Waals surface area contributed by atoms with Gasteiger partial charge in [0.25, 0.3) is 0 Å². The average molecular weight is 391 g/mol. The first-order valence-corrected chi connectivity index (χ1v) is 10.6. The number of rotatable bonds is 7. The van der Waals surface area contributed by atoms with Gasteiger partial charge in [-0.3, -0.25) is 4.72 Å². The fourth-order valence-electron chi connectivity index (χ4n) is 2.69. The first-order chi connectivity index (χ1) is 12.7. The third-order valence-electron chi connectivity index (χ3n) is 4.03. The summed E-state index contributed by atoms with van der Waals surface area (Å²) in [5.41, 5.74) is 3.83. The maximum atomic E-state index is 12.2. The average Bonchev–Trinajstić information content (AvgIpc) is 2.59. The van der Waals surface area contributed by atoms with Crippen LogP contribution in [-0.2, 0) is 10.0 Å². The number of aryl methyl sites for hydroxylation is 1. The van der Waals surface area contributed by atoms with Gasteiger partial charge in [0, 0.05) is 35.8 Å². The number of hydrogen-bond acceptors (Lipinski definition) is 4. The van der Waals surface area contributed by atoms with Crippen molar-refractivity contribution in [2.45, 2.75) is 20.8 Å². The molecule has 0 spiro atoms. The monoisotopic (exact) mass is 390 g/mol. The smallest absolute Gasteiger partial charge is 0.323 e. The molecular formula is C19H26N4O3S. The van der Waals surface area contributed by atoms with Crippen LogP contribution in [0, 0.1) is 6.92 Å². The zero-order chi connectivity index (χ0) is 20.0. The molecule has 0 fully saturated rings. The molecule has 3 N–H and O–H groups in total. The van der Waals surface area contributed by atoms with Crippen molar-refractivity contribution >= 4 is 38.8 Å². The van der Waals surface area contributed by atoms with Gasteiger partial charge >= 0.3 is 6.03 Å². The Kier molecular flexibility index (Phi) is 6.68. The summed E-state index contributed by atoms with van der Waals surface area (Å²) in [6.07, 6.45) is 1.08. The van der Waals surface area contributed by atoms with Gasteiger partial charge in [0.05, 0.1) is 6.26 Å². The van der Waals surface area contributed by atoms with Crippen molar-refractivity contribution in [3.8, 4) is 0 Å². The molecule has 0 aliphatic heterocycles. The number of nitrogens with one attached hydrogen (secondary N) is 3. The molecule has 7 nitrogen and oxygen atoms in total. The maximum Gasteiger partial charge on any atom is 0.323 e. The van der Waals surface area contributed by atoms with E-state index in [2.05, 4.69) is 34.1 Å². The molecule has 0 saturated heterocycles. The van der Waals surface area contributed by atoms with Crippen molar-refractivity contribution in [1.29, 1.82) is 0 Å². The van der Waals surface area contributed by atoms with E-state index < -0.39 is 10.0 Å². The molecule has 2 aromatic rings. The number of carbonyl (C=O) groups is 1. The van der Waals surface area contributed by atoms with Crippen molar-refractivity contribution < 1.29 is 13.2 Å². The number of benzene rings is 2. The Morgan fingerprint density at radius 3 is 2.07 bits per heavy atom. The van der Waals surface area contributed by atoms with Crippen molar-refractivity contribution in [1.82, 2.24) is 0 Å². The van der Waals surface area contributed by atoms with Crippen molar-refractivity contribution in [2.24, 2.45) is 0 Å². The summed E-state index contributed by atoms with van der Waals surface area (Å²) in [6, 6.07) is 12.0. The Balaban J connectivity index is 2.01. The molecule has 2 aromatic carbocycles. The topological polar surface area (TPSA) is 90.5 Å². The zero-order valence-corrected chi connectivity index (χ0v) is 16.9. The predicted molar refractivity (Wildman–Crippen MR) is 112 cm³/mol. The highest BCUT2D eigenvalue weighted by Crippen LogP contribution is 2.23. The van der Waals surface area contributed by atoms with Crippen molar-refractivity contribution in [2.75, 3.05) is 39.6 Å². The molecule has 0 bridgehead atoms. The molecule has 146 valence electrons. The lowest BCUT2D eigenvalue weighted by Gasteiger charge is -2.22. The standard InChI is InChI=1S/C19H26N4O3S/c1-5-23(6-2)17-11-12-18(14(3)13-17)21-19(24)20-15-7-9-16(10-8-15)22-27(4,25)26/h7-13,22H,5-6H2,1-4H3,(H2,20,21,24).